The number of nitrogen functional groups attached to an aromatic ring is 1. The van der Waals surface area contributed by atoms with Gasteiger partial charge in [0.1, 0.15) is 0 Å². The van der Waals surface area contributed by atoms with E-state index in [1.54, 1.807) is 22.9 Å². The molecule has 19 heavy (non-hydrogen) atoms. The zero-order chi connectivity index (χ0) is 14.0. The van der Waals surface area contributed by atoms with Crippen LogP contribution in [0.2, 0.25) is 0 Å². The van der Waals surface area contributed by atoms with Crippen LogP contribution in [0, 0.1) is 0 Å². The summed E-state index contributed by atoms with van der Waals surface area (Å²) in [6.07, 6.45) is 3.60. The smallest absolute Gasteiger partial charge is 0.276 e. The van der Waals surface area contributed by atoms with Gasteiger partial charge >= 0.3 is 0 Å². The first kappa shape index (κ1) is 13.9. The number of anilines is 1. The summed E-state index contributed by atoms with van der Waals surface area (Å²) in [7, 11) is 1.69. The number of carbonyl (C=O) groups is 1. The Kier molecular flexibility index (Phi) is 3.80. The lowest BCUT2D eigenvalue weighted by molar-refractivity contribution is -0.0441. The van der Waals surface area contributed by atoms with Crippen LogP contribution < -0.4 is 5.73 Å². The molecule has 1 saturated heterocycles. The molecule has 106 valence electrons. The number of methoxy groups -OCH3 is 1. The molecular weight excluding hydrogens is 244 g/mol. The molecule has 0 spiro atoms. The fraction of sp³-hybridized carbons (Fsp3) is 0.692. The van der Waals surface area contributed by atoms with Gasteiger partial charge in [0.25, 0.3) is 5.91 Å². The minimum Gasteiger partial charge on any atom is -0.396 e. The molecule has 0 aromatic carbocycles. The van der Waals surface area contributed by atoms with Crippen molar-refractivity contribution in [3.8, 4) is 0 Å². The summed E-state index contributed by atoms with van der Waals surface area (Å²) in [5.74, 6) is -0.104. The predicted octanol–water partition coefficient (Wildman–Crippen LogP) is 1.13. The van der Waals surface area contributed by atoms with Crippen molar-refractivity contribution in [2.24, 2.45) is 0 Å². The Morgan fingerprint density at radius 3 is 2.95 bits per heavy atom. The van der Waals surface area contributed by atoms with Crippen molar-refractivity contribution in [1.82, 2.24) is 14.7 Å². The molecule has 0 aliphatic carbocycles. The zero-order valence-electron chi connectivity index (χ0n) is 11.8. The van der Waals surface area contributed by atoms with Crippen LogP contribution in [0.3, 0.4) is 0 Å². The van der Waals surface area contributed by atoms with E-state index < -0.39 is 0 Å². The molecule has 0 bridgehead atoms. The van der Waals surface area contributed by atoms with E-state index in [2.05, 4.69) is 5.10 Å². The molecule has 6 nitrogen and oxygen atoms in total. The van der Waals surface area contributed by atoms with Crippen molar-refractivity contribution in [2.45, 2.75) is 38.8 Å². The number of hydrogen-bond donors (Lipinski definition) is 1. The van der Waals surface area contributed by atoms with E-state index in [0.717, 1.165) is 19.4 Å². The average Bonchev–Trinajstić information content (AvgIpc) is 2.79. The van der Waals surface area contributed by atoms with Gasteiger partial charge in [0, 0.05) is 32.9 Å². The van der Waals surface area contributed by atoms with Crippen LogP contribution in [0.25, 0.3) is 0 Å². The van der Waals surface area contributed by atoms with Crippen molar-refractivity contribution in [2.75, 3.05) is 25.9 Å². The number of ether oxygens (including phenoxy) is 1. The quantitative estimate of drug-likeness (QED) is 0.890. The second-order valence-electron chi connectivity index (χ2n) is 5.27. The largest absolute Gasteiger partial charge is 0.396 e. The second kappa shape index (κ2) is 5.21. The van der Waals surface area contributed by atoms with Crippen molar-refractivity contribution < 1.29 is 9.53 Å². The number of nitrogens with two attached hydrogens (primary N) is 1. The molecule has 1 aromatic heterocycles. The minimum absolute atomic E-state index is 0.104. The van der Waals surface area contributed by atoms with Gasteiger partial charge in [-0.15, -0.1) is 0 Å². The molecule has 6 heteroatoms. The number of hydrogen-bond acceptors (Lipinski definition) is 4. The molecule has 0 radical (unpaired) electrons. The number of nitrogens with zero attached hydrogens (tertiary/aromatic N) is 3. The maximum absolute atomic E-state index is 12.5. The number of likely N-dealkylation sites (tertiary alicyclic amines) is 1. The van der Waals surface area contributed by atoms with Gasteiger partial charge in [-0.2, -0.15) is 5.10 Å². The fourth-order valence-electron chi connectivity index (χ4n) is 2.46. The Balaban J connectivity index is 2.17. The Hall–Kier alpha value is -1.56. The summed E-state index contributed by atoms with van der Waals surface area (Å²) >= 11 is 0. The van der Waals surface area contributed by atoms with Gasteiger partial charge in [-0.05, 0) is 26.7 Å². The maximum Gasteiger partial charge on any atom is 0.276 e. The van der Waals surface area contributed by atoms with Crippen molar-refractivity contribution in [3.05, 3.63) is 11.9 Å². The minimum atomic E-state index is -0.268. The lowest BCUT2D eigenvalue weighted by Gasteiger charge is -2.39. The highest BCUT2D eigenvalue weighted by molar-refractivity contribution is 5.97. The molecule has 1 atom stereocenters. The summed E-state index contributed by atoms with van der Waals surface area (Å²) in [6, 6.07) is 0. The Morgan fingerprint density at radius 1 is 1.63 bits per heavy atom. The third-order valence-electron chi connectivity index (χ3n) is 3.76. The highest BCUT2D eigenvalue weighted by atomic mass is 16.5. The summed E-state index contributed by atoms with van der Waals surface area (Å²) in [5, 5.41) is 4.24. The Bertz CT molecular complexity index is 471. The van der Waals surface area contributed by atoms with Gasteiger partial charge < -0.3 is 15.4 Å². The number of rotatable bonds is 3. The number of piperidine rings is 1. The third-order valence-corrected chi connectivity index (χ3v) is 3.76. The van der Waals surface area contributed by atoms with Crippen LogP contribution in [0.15, 0.2) is 6.20 Å². The SMILES string of the molecule is CCn1cc(N)c(C(=O)N2CCCC(C)(OC)C2)n1. The first-order valence-electron chi connectivity index (χ1n) is 6.66. The molecule has 0 saturated carbocycles. The number of amides is 1. The molecule has 1 amide bonds. The molecule has 2 rings (SSSR count). The van der Waals surface area contributed by atoms with Crippen molar-refractivity contribution in [3.63, 3.8) is 0 Å². The lowest BCUT2D eigenvalue weighted by atomic mass is 9.94. The highest BCUT2D eigenvalue weighted by Crippen LogP contribution is 2.25. The van der Waals surface area contributed by atoms with Gasteiger partial charge in [-0.25, -0.2) is 0 Å². The number of aromatic nitrogens is 2. The van der Waals surface area contributed by atoms with Crippen LogP contribution in [0.4, 0.5) is 5.69 Å². The lowest BCUT2D eigenvalue weighted by Crippen LogP contribution is -2.49. The number of carbonyl (C=O) groups excluding carboxylic acids is 1. The molecule has 1 aromatic rings. The van der Waals surface area contributed by atoms with Crippen LogP contribution >= 0.6 is 0 Å². The van der Waals surface area contributed by atoms with E-state index in [4.69, 9.17) is 10.5 Å². The standard InChI is InChI=1S/C13H22N4O2/c1-4-17-8-10(14)11(15-17)12(18)16-7-5-6-13(2,9-16)19-3/h8H,4-7,9,14H2,1-3H3. The van der Waals surface area contributed by atoms with E-state index in [1.807, 2.05) is 13.8 Å². The topological polar surface area (TPSA) is 73.4 Å². The Labute approximate surface area is 113 Å². The van der Waals surface area contributed by atoms with Gasteiger partial charge in [0.2, 0.25) is 0 Å². The first-order chi connectivity index (χ1) is 8.99. The van der Waals surface area contributed by atoms with Crippen LogP contribution in [-0.4, -0.2) is 46.4 Å². The number of aryl methyl sites for hydroxylation is 1. The molecule has 2 heterocycles. The van der Waals surface area contributed by atoms with Crippen molar-refractivity contribution >= 4 is 11.6 Å². The molecule has 1 unspecified atom stereocenters. The van der Waals surface area contributed by atoms with Crippen LogP contribution in [-0.2, 0) is 11.3 Å². The molecule has 1 aliphatic rings. The van der Waals surface area contributed by atoms with Gasteiger partial charge in [0.05, 0.1) is 11.3 Å². The summed E-state index contributed by atoms with van der Waals surface area (Å²) in [5.41, 5.74) is 6.39. The van der Waals surface area contributed by atoms with Crippen LogP contribution in [0.1, 0.15) is 37.2 Å². The second-order valence-corrected chi connectivity index (χ2v) is 5.27. The van der Waals surface area contributed by atoms with Crippen LogP contribution in [0.5, 0.6) is 0 Å². The highest BCUT2D eigenvalue weighted by Gasteiger charge is 2.34. The van der Waals surface area contributed by atoms with E-state index in [0.29, 0.717) is 24.5 Å². The fourth-order valence-corrected chi connectivity index (χ4v) is 2.46. The zero-order valence-corrected chi connectivity index (χ0v) is 11.8. The van der Waals surface area contributed by atoms with E-state index in [9.17, 15) is 4.79 Å². The maximum atomic E-state index is 12.5. The van der Waals surface area contributed by atoms with E-state index in [-0.39, 0.29) is 11.5 Å². The van der Waals surface area contributed by atoms with Gasteiger partial charge in [-0.1, -0.05) is 0 Å². The Morgan fingerprint density at radius 2 is 2.37 bits per heavy atom. The third kappa shape index (κ3) is 2.73. The normalized spacial score (nSPS) is 23.6. The van der Waals surface area contributed by atoms with Gasteiger partial charge in [-0.3, -0.25) is 9.48 Å². The molecular formula is C13H22N4O2. The predicted molar refractivity (Wildman–Crippen MR) is 72.9 cm³/mol. The summed E-state index contributed by atoms with van der Waals surface area (Å²) in [4.78, 5) is 14.3. The summed E-state index contributed by atoms with van der Waals surface area (Å²) in [6.45, 7) is 6.01. The molecule has 2 N–H and O–H groups in total. The summed E-state index contributed by atoms with van der Waals surface area (Å²) < 4.78 is 7.18. The monoisotopic (exact) mass is 266 g/mol. The average molecular weight is 266 g/mol. The van der Waals surface area contributed by atoms with E-state index >= 15 is 0 Å². The molecule has 1 aliphatic heterocycles. The molecule has 1 fully saturated rings. The van der Waals surface area contributed by atoms with E-state index in [1.165, 1.54) is 0 Å². The first-order valence-corrected chi connectivity index (χ1v) is 6.66. The van der Waals surface area contributed by atoms with Gasteiger partial charge in [0.15, 0.2) is 5.69 Å². The van der Waals surface area contributed by atoms with Crippen molar-refractivity contribution in [1.29, 1.82) is 0 Å².